The lowest BCUT2D eigenvalue weighted by atomic mass is 10.0. The smallest absolute Gasteiger partial charge is 0.462 e. The number of phosphoric ester groups is 1. The zero-order valence-electron chi connectivity index (χ0n) is 44.4. The van der Waals surface area contributed by atoms with Gasteiger partial charge in [-0.3, -0.25) is 18.6 Å². The lowest BCUT2D eigenvalue weighted by molar-refractivity contribution is -0.161. The first kappa shape index (κ1) is 66.9. The van der Waals surface area contributed by atoms with E-state index in [0.29, 0.717) is 12.8 Å². The van der Waals surface area contributed by atoms with Crippen molar-refractivity contribution in [2.24, 2.45) is 5.73 Å². The molecule has 0 radical (unpaired) electrons. The van der Waals surface area contributed by atoms with E-state index in [-0.39, 0.29) is 32.6 Å². The molecule has 0 aromatic carbocycles. The normalized spacial score (nSPS) is 14.3. The van der Waals surface area contributed by atoms with Crippen LogP contribution in [0.25, 0.3) is 0 Å². The van der Waals surface area contributed by atoms with Crippen molar-refractivity contribution in [2.75, 3.05) is 26.4 Å². The molecule has 0 aromatic heterocycles. The SMILES string of the molecule is CC/C=C\C/C=C\C/C=C\C/C=C\C/C=C\C/C=C\CCCCCCCCCCCCC(=O)OC(COC(=O)CCCC/C=C\C/C=C\C/C=C\C/C=C\C/C=C\C/C=C\CC)COP(=O)(O)OCCN. The van der Waals surface area contributed by atoms with E-state index in [0.717, 1.165) is 116 Å². The van der Waals surface area contributed by atoms with Crippen LogP contribution >= 0.6 is 7.82 Å². The van der Waals surface area contributed by atoms with Crippen LogP contribution in [0.2, 0.25) is 0 Å². The van der Waals surface area contributed by atoms with Gasteiger partial charge in [0.1, 0.15) is 6.61 Å². The lowest BCUT2D eigenvalue weighted by Crippen LogP contribution is -2.29. The van der Waals surface area contributed by atoms with Crippen LogP contribution in [0, 0.1) is 0 Å². The Morgan fingerprint density at radius 3 is 1.11 bits per heavy atom. The fourth-order valence-electron chi connectivity index (χ4n) is 6.76. The number of carbonyl (C=O) groups excluding carboxylic acids is 2. The molecule has 0 rings (SSSR count). The highest BCUT2D eigenvalue weighted by molar-refractivity contribution is 7.47. The Balaban J connectivity index is 4.13. The highest BCUT2D eigenvalue weighted by Crippen LogP contribution is 2.43. The van der Waals surface area contributed by atoms with Gasteiger partial charge < -0.3 is 20.1 Å². The highest BCUT2D eigenvalue weighted by Gasteiger charge is 2.26. The molecule has 10 heteroatoms. The highest BCUT2D eigenvalue weighted by atomic mass is 31.2. The first-order valence-electron chi connectivity index (χ1n) is 27.3. The molecule has 0 aromatic rings. The summed E-state index contributed by atoms with van der Waals surface area (Å²) in [5.41, 5.74) is 5.37. The summed E-state index contributed by atoms with van der Waals surface area (Å²) < 4.78 is 32.9. The summed E-state index contributed by atoms with van der Waals surface area (Å²) in [4.78, 5) is 35.1. The average Bonchev–Trinajstić information content (AvgIpc) is 3.36. The Hall–Kier alpha value is -4.11. The maximum absolute atomic E-state index is 12.7. The summed E-state index contributed by atoms with van der Waals surface area (Å²) >= 11 is 0. The van der Waals surface area contributed by atoms with Gasteiger partial charge in [-0.25, -0.2) is 4.57 Å². The number of unbranched alkanes of at least 4 members (excludes halogenated alkanes) is 12. The second-order valence-corrected chi connectivity index (χ2v) is 18.8. The van der Waals surface area contributed by atoms with E-state index in [1.807, 2.05) is 0 Å². The molecule has 2 unspecified atom stereocenters. The minimum atomic E-state index is -4.41. The molecule has 0 spiro atoms. The number of rotatable bonds is 49. The maximum Gasteiger partial charge on any atom is 0.472 e. The topological polar surface area (TPSA) is 134 Å². The molecular formula is C61H98NO8P. The summed E-state index contributed by atoms with van der Waals surface area (Å²) in [6, 6.07) is 0. The number of ether oxygens (including phenoxy) is 2. The molecule has 0 saturated heterocycles. The van der Waals surface area contributed by atoms with E-state index >= 15 is 0 Å². The number of allylic oxidation sites excluding steroid dienone is 24. The molecule has 0 aliphatic carbocycles. The third-order valence-corrected chi connectivity index (χ3v) is 11.7. The zero-order chi connectivity index (χ0) is 51.7. The quantitative estimate of drug-likeness (QED) is 0.0264. The molecule has 0 fully saturated rings. The van der Waals surface area contributed by atoms with E-state index in [4.69, 9.17) is 24.3 Å². The number of carbonyl (C=O) groups is 2. The minimum Gasteiger partial charge on any atom is -0.462 e. The van der Waals surface area contributed by atoms with Gasteiger partial charge in [0.15, 0.2) is 6.10 Å². The van der Waals surface area contributed by atoms with Crippen molar-refractivity contribution in [2.45, 2.75) is 200 Å². The summed E-state index contributed by atoms with van der Waals surface area (Å²) in [6.07, 6.45) is 78.9. The summed E-state index contributed by atoms with van der Waals surface area (Å²) in [5, 5.41) is 0. The molecule has 0 aliphatic heterocycles. The zero-order valence-corrected chi connectivity index (χ0v) is 45.3. The molecule has 0 saturated carbocycles. The number of esters is 2. The molecule has 0 amide bonds. The van der Waals surface area contributed by atoms with Crippen LogP contribution in [0.3, 0.4) is 0 Å². The van der Waals surface area contributed by atoms with Crippen molar-refractivity contribution in [3.05, 3.63) is 146 Å². The maximum atomic E-state index is 12.7. The molecular weight excluding hydrogens is 906 g/mol. The van der Waals surface area contributed by atoms with E-state index in [1.54, 1.807) is 0 Å². The van der Waals surface area contributed by atoms with Gasteiger partial charge in [0.25, 0.3) is 0 Å². The van der Waals surface area contributed by atoms with Gasteiger partial charge in [0, 0.05) is 19.4 Å². The monoisotopic (exact) mass is 1000 g/mol. The second-order valence-electron chi connectivity index (χ2n) is 17.3. The Kier molecular flexibility index (Phi) is 52.0. The van der Waals surface area contributed by atoms with E-state index in [2.05, 4.69) is 160 Å². The Morgan fingerprint density at radius 2 is 0.732 bits per heavy atom. The predicted octanol–water partition coefficient (Wildman–Crippen LogP) is 17.2. The number of phosphoric acid groups is 1. The van der Waals surface area contributed by atoms with Crippen molar-refractivity contribution in [3.8, 4) is 0 Å². The van der Waals surface area contributed by atoms with Crippen molar-refractivity contribution in [1.82, 2.24) is 0 Å². The first-order valence-corrected chi connectivity index (χ1v) is 28.8. The molecule has 0 heterocycles. The minimum absolute atomic E-state index is 0.0380. The molecule has 3 N–H and O–H groups in total. The molecule has 400 valence electrons. The fourth-order valence-corrected chi connectivity index (χ4v) is 7.52. The molecule has 71 heavy (non-hydrogen) atoms. The van der Waals surface area contributed by atoms with Crippen LogP contribution in [0.4, 0.5) is 0 Å². The van der Waals surface area contributed by atoms with Crippen molar-refractivity contribution < 1.29 is 37.6 Å². The molecule has 2 atom stereocenters. The van der Waals surface area contributed by atoms with Crippen LogP contribution in [0.15, 0.2) is 146 Å². The molecule has 9 nitrogen and oxygen atoms in total. The van der Waals surface area contributed by atoms with Gasteiger partial charge in [-0.1, -0.05) is 211 Å². The summed E-state index contributed by atoms with van der Waals surface area (Å²) in [6.45, 7) is 3.43. The van der Waals surface area contributed by atoms with Gasteiger partial charge in [-0.2, -0.15) is 0 Å². The van der Waals surface area contributed by atoms with Gasteiger partial charge in [-0.15, -0.1) is 0 Å². The summed E-state index contributed by atoms with van der Waals surface area (Å²) in [7, 11) is -4.41. The van der Waals surface area contributed by atoms with Crippen LogP contribution in [-0.2, 0) is 32.7 Å². The first-order chi connectivity index (χ1) is 34.8. The van der Waals surface area contributed by atoms with Gasteiger partial charge >= 0.3 is 19.8 Å². The van der Waals surface area contributed by atoms with E-state index in [9.17, 15) is 19.0 Å². The number of hydrogen-bond donors (Lipinski definition) is 2. The standard InChI is InChI=1S/C61H98NO8P/c1-3-5-7-9-11-13-15-17-19-21-23-25-26-27-28-29-30-31-32-34-36-38-40-42-44-46-48-50-52-54-61(64)70-59(58-69-71(65,66)68-56-55-62)57-67-60(63)53-51-49-47-45-43-41-39-37-35-33-24-22-20-18-16-14-12-10-8-6-4-2/h5-8,11-14,17-20,23-25,27-28,30-31,33,37,39,43,45,59H,3-4,9-10,15-16,21-22,26,29,32,34-36,38,40-42,44,46-58,62H2,1-2H3,(H,65,66)/b7-5-,8-6-,13-11-,14-12-,19-17-,20-18-,25-23-,28-27-,31-30-,33-24-,39-37-,45-43-. The van der Waals surface area contributed by atoms with Crippen molar-refractivity contribution in [3.63, 3.8) is 0 Å². The van der Waals surface area contributed by atoms with Crippen LogP contribution in [0.1, 0.15) is 194 Å². The number of hydrogen-bond acceptors (Lipinski definition) is 8. The van der Waals surface area contributed by atoms with Crippen LogP contribution in [0.5, 0.6) is 0 Å². The van der Waals surface area contributed by atoms with Crippen LogP contribution in [-0.4, -0.2) is 49.3 Å². The predicted molar refractivity (Wildman–Crippen MR) is 302 cm³/mol. The third-order valence-electron chi connectivity index (χ3n) is 10.7. The second kappa shape index (κ2) is 55.2. The lowest BCUT2D eigenvalue weighted by Gasteiger charge is -2.19. The number of nitrogens with two attached hydrogens (primary N) is 1. The Bertz CT molecular complexity index is 1660. The fraction of sp³-hybridized carbons (Fsp3) is 0.574. The van der Waals surface area contributed by atoms with Crippen LogP contribution < -0.4 is 5.73 Å². The average molecular weight is 1000 g/mol. The third kappa shape index (κ3) is 55.1. The van der Waals surface area contributed by atoms with Gasteiger partial charge in [0.05, 0.1) is 13.2 Å². The van der Waals surface area contributed by atoms with Crippen molar-refractivity contribution in [1.29, 1.82) is 0 Å². The van der Waals surface area contributed by atoms with Crippen molar-refractivity contribution >= 4 is 19.8 Å². The Morgan fingerprint density at radius 1 is 0.423 bits per heavy atom. The van der Waals surface area contributed by atoms with Gasteiger partial charge in [0.2, 0.25) is 0 Å². The molecule has 0 aliphatic rings. The molecule has 0 bridgehead atoms. The van der Waals surface area contributed by atoms with Gasteiger partial charge in [-0.05, 0) is 116 Å². The largest absolute Gasteiger partial charge is 0.472 e. The summed E-state index contributed by atoms with van der Waals surface area (Å²) in [5.74, 6) is -0.896. The Labute approximate surface area is 433 Å². The van der Waals surface area contributed by atoms with E-state index in [1.165, 1.54) is 38.5 Å². The van der Waals surface area contributed by atoms with E-state index < -0.39 is 32.5 Å².